The highest BCUT2D eigenvalue weighted by Gasteiger charge is 2.07. The molecule has 110 valence electrons. The number of carbonyl (C=O) groups excluding carboxylic acids is 2. The van der Waals surface area contributed by atoms with Crippen LogP contribution in [0.1, 0.15) is 38.2 Å². The third kappa shape index (κ3) is 5.40. The topological polar surface area (TPSA) is 84.2 Å². The van der Waals surface area contributed by atoms with E-state index in [-0.39, 0.29) is 11.8 Å². The van der Waals surface area contributed by atoms with E-state index >= 15 is 0 Å². The minimum absolute atomic E-state index is 0.0118. The average Bonchev–Trinajstić information content (AvgIpc) is 2.40. The third-order valence-electron chi connectivity index (χ3n) is 2.88. The van der Waals surface area contributed by atoms with Gasteiger partial charge in [-0.25, -0.2) is 0 Å². The van der Waals surface area contributed by atoms with Crippen molar-refractivity contribution in [3.8, 4) is 0 Å². The summed E-state index contributed by atoms with van der Waals surface area (Å²) in [5, 5.41) is 5.66. The van der Waals surface area contributed by atoms with Crippen molar-refractivity contribution in [1.82, 2.24) is 0 Å². The number of hydrogen-bond donors (Lipinski definition) is 3. The first-order valence-electron chi connectivity index (χ1n) is 6.97. The normalized spacial score (nSPS) is 10.2. The van der Waals surface area contributed by atoms with Crippen LogP contribution >= 0.6 is 0 Å². The van der Waals surface area contributed by atoms with Gasteiger partial charge in [0.25, 0.3) is 0 Å². The van der Waals surface area contributed by atoms with Crippen molar-refractivity contribution in [3.63, 3.8) is 0 Å². The lowest BCUT2D eigenvalue weighted by atomic mass is 10.1. The molecular formula is C15H23N3O2. The van der Waals surface area contributed by atoms with E-state index in [1.165, 1.54) is 0 Å². The molecular weight excluding hydrogens is 254 g/mol. The van der Waals surface area contributed by atoms with E-state index in [1.807, 2.05) is 26.0 Å². The molecule has 0 atom stereocenters. The summed E-state index contributed by atoms with van der Waals surface area (Å²) < 4.78 is 0. The van der Waals surface area contributed by atoms with Crippen LogP contribution in [-0.4, -0.2) is 18.4 Å². The van der Waals surface area contributed by atoms with Gasteiger partial charge in [0.15, 0.2) is 0 Å². The zero-order chi connectivity index (χ0) is 15.0. The zero-order valence-corrected chi connectivity index (χ0v) is 12.2. The van der Waals surface area contributed by atoms with Crippen LogP contribution in [0.5, 0.6) is 0 Å². The number of nitrogens with one attached hydrogen (secondary N) is 2. The van der Waals surface area contributed by atoms with Crippen LogP contribution in [0.4, 0.5) is 11.4 Å². The maximum atomic E-state index is 11.6. The quantitative estimate of drug-likeness (QED) is 0.715. The van der Waals surface area contributed by atoms with Gasteiger partial charge in [0.1, 0.15) is 0 Å². The van der Waals surface area contributed by atoms with Gasteiger partial charge < -0.3 is 16.4 Å². The minimum atomic E-state index is -0.0647. The molecule has 0 spiro atoms. The van der Waals surface area contributed by atoms with Gasteiger partial charge >= 0.3 is 0 Å². The summed E-state index contributed by atoms with van der Waals surface area (Å²) in [6.45, 7) is 4.38. The van der Waals surface area contributed by atoms with Gasteiger partial charge in [0.2, 0.25) is 11.8 Å². The molecule has 0 fully saturated rings. The number of rotatable bonds is 7. The second kappa shape index (κ2) is 8.32. The van der Waals surface area contributed by atoms with E-state index in [2.05, 4.69) is 10.6 Å². The molecule has 0 unspecified atom stereocenters. The average molecular weight is 277 g/mol. The molecule has 5 nitrogen and oxygen atoms in total. The Morgan fingerprint density at radius 3 is 2.50 bits per heavy atom. The Labute approximate surface area is 119 Å². The van der Waals surface area contributed by atoms with Gasteiger partial charge in [-0.3, -0.25) is 9.59 Å². The van der Waals surface area contributed by atoms with Crippen molar-refractivity contribution in [2.24, 2.45) is 5.73 Å². The van der Waals surface area contributed by atoms with E-state index in [9.17, 15) is 9.59 Å². The highest BCUT2D eigenvalue weighted by molar-refractivity contribution is 5.94. The number of amides is 2. The Balaban J connectivity index is 2.70. The van der Waals surface area contributed by atoms with Crippen LogP contribution in [0, 0.1) is 6.92 Å². The summed E-state index contributed by atoms with van der Waals surface area (Å²) in [5.74, 6) is -0.0765. The molecule has 5 heteroatoms. The van der Waals surface area contributed by atoms with E-state index in [0.717, 1.165) is 17.7 Å². The second-order valence-corrected chi connectivity index (χ2v) is 4.77. The van der Waals surface area contributed by atoms with Crippen molar-refractivity contribution in [2.75, 3.05) is 17.2 Å². The number of carbonyl (C=O) groups is 2. The fourth-order valence-corrected chi connectivity index (χ4v) is 1.76. The molecule has 0 saturated carbocycles. The molecule has 1 rings (SSSR count). The molecule has 20 heavy (non-hydrogen) atoms. The highest BCUT2D eigenvalue weighted by Crippen LogP contribution is 2.20. The number of nitrogens with two attached hydrogens (primary N) is 1. The summed E-state index contributed by atoms with van der Waals surface area (Å²) in [4.78, 5) is 23.3. The van der Waals surface area contributed by atoms with Crippen molar-refractivity contribution >= 4 is 23.2 Å². The molecule has 0 saturated heterocycles. The Hall–Kier alpha value is -1.88. The SMILES string of the molecule is CCCC(=O)Nc1cc(NC(=O)CCCN)ccc1C. The molecule has 0 aromatic heterocycles. The van der Waals surface area contributed by atoms with Crippen LogP contribution in [0.3, 0.4) is 0 Å². The van der Waals surface area contributed by atoms with Gasteiger partial charge in [0.05, 0.1) is 0 Å². The van der Waals surface area contributed by atoms with Crippen LogP contribution in [0.15, 0.2) is 18.2 Å². The van der Waals surface area contributed by atoms with E-state index in [4.69, 9.17) is 5.73 Å². The third-order valence-corrected chi connectivity index (χ3v) is 2.88. The Morgan fingerprint density at radius 2 is 1.85 bits per heavy atom. The minimum Gasteiger partial charge on any atom is -0.330 e. The van der Waals surface area contributed by atoms with Crippen LogP contribution in [0.25, 0.3) is 0 Å². The number of aryl methyl sites for hydroxylation is 1. The molecule has 0 bridgehead atoms. The fourth-order valence-electron chi connectivity index (χ4n) is 1.76. The lowest BCUT2D eigenvalue weighted by Crippen LogP contribution is -2.15. The standard InChI is InChI=1S/C15H23N3O2/c1-3-5-14(19)18-13-10-12(8-7-11(13)2)17-15(20)6-4-9-16/h7-8,10H,3-6,9,16H2,1-2H3,(H,17,20)(H,18,19). The first-order chi connectivity index (χ1) is 9.56. The number of hydrogen-bond acceptors (Lipinski definition) is 3. The Kier molecular flexibility index (Phi) is 6.73. The summed E-state index contributed by atoms with van der Waals surface area (Å²) in [5.41, 5.74) is 7.76. The fraction of sp³-hybridized carbons (Fsp3) is 0.467. The lowest BCUT2D eigenvalue weighted by Gasteiger charge is -2.11. The van der Waals surface area contributed by atoms with E-state index < -0.39 is 0 Å². The first-order valence-corrected chi connectivity index (χ1v) is 6.97. The van der Waals surface area contributed by atoms with Crippen LogP contribution < -0.4 is 16.4 Å². The molecule has 0 aliphatic rings. The van der Waals surface area contributed by atoms with Crippen molar-refractivity contribution in [1.29, 1.82) is 0 Å². The summed E-state index contributed by atoms with van der Waals surface area (Å²) in [6, 6.07) is 5.48. The predicted molar refractivity (Wildman–Crippen MR) is 81.6 cm³/mol. The number of anilines is 2. The van der Waals surface area contributed by atoms with E-state index in [0.29, 0.717) is 31.5 Å². The van der Waals surface area contributed by atoms with Gasteiger partial charge in [0, 0.05) is 24.2 Å². The van der Waals surface area contributed by atoms with Gasteiger partial charge in [-0.2, -0.15) is 0 Å². The molecule has 0 aliphatic carbocycles. The van der Waals surface area contributed by atoms with Gasteiger partial charge in [-0.05, 0) is 44.0 Å². The number of benzene rings is 1. The summed E-state index contributed by atoms with van der Waals surface area (Å²) >= 11 is 0. The summed E-state index contributed by atoms with van der Waals surface area (Å²) in [6.07, 6.45) is 2.37. The summed E-state index contributed by atoms with van der Waals surface area (Å²) in [7, 11) is 0. The lowest BCUT2D eigenvalue weighted by molar-refractivity contribution is -0.117. The van der Waals surface area contributed by atoms with Crippen LogP contribution in [-0.2, 0) is 9.59 Å². The monoisotopic (exact) mass is 277 g/mol. The largest absolute Gasteiger partial charge is 0.330 e. The zero-order valence-electron chi connectivity index (χ0n) is 12.2. The second-order valence-electron chi connectivity index (χ2n) is 4.77. The predicted octanol–water partition coefficient (Wildman–Crippen LogP) is 2.41. The Morgan fingerprint density at radius 1 is 1.15 bits per heavy atom. The van der Waals surface area contributed by atoms with Crippen molar-refractivity contribution in [3.05, 3.63) is 23.8 Å². The molecule has 1 aromatic rings. The Bertz CT molecular complexity index is 472. The highest BCUT2D eigenvalue weighted by atomic mass is 16.2. The molecule has 0 aliphatic heterocycles. The van der Waals surface area contributed by atoms with E-state index in [1.54, 1.807) is 6.07 Å². The maximum absolute atomic E-state index is 11.6. The smallest absolute Gasteiger partial charge is 0.224 e. The molecule has 0 heterocycles. The molecule has 2 amide bonds. The van der Waals surface area contributed by atoms with Crippen LogP contribution in [0.2, 0.25) is 0 Å². The van der Waals surface area contributed by atoms with Crippen molar-refractivity contribution < 1.29 is 9.59 Å². The van der Waals surface area contributed by atoms with Gasteiger partial charge in [-0.1, -0.05) is 13.0 Å². The maximum Gasteiger partial charge on any atom is 0.224 e. The molecule has 0 radical (unpaired) electrons. The van der Waals surface area contributed by atoms with Gasteiger partial charge in [-0.15, -0.1) is 0 Å². The first kappa shape index (κ1) is 16.2. The molecule has 1 aromatic carbocycles. The molecule has 4 N–H and O–H groups in total. The van der Waals surface area contributed by atoms with Crippen molar-refractivity contribution in [2.45, 2.75) is 39.5 Å².